The Bertz CT molecular complexity index is 1160. The number of aromatic carboxylic acids is 3. The molecule has 2 rings (SSSR count). The fourth-order valence-corrected chi connectivity index (χ4v) is 5.96. The number of hydrogen-bond acceptors (Lipinski definition) is 5. The van der Waals surface area contributed by atoms with Gasteiger partial charge in [0.2, 0.25) is 0 Å². The molecule has 0 radical (unpaired) electrons. The third kappa shape index (κ3) is 24.3. The van der Waals surface area contributed by atoms with Crippen LogP contribution in [0.15, 0.2) is 42.5 Å². The van der Waals surface area contributed by atoms with E-state index in [-0.39, 0.29) is 16.7 Å². The number of ether oxygens (including phenoxy) is 2. The first-order valence-electron chi connectivity index (χ1n) is 20.0. The van der Waals surface area contributed by atoms with E-state index in [0.29, 0.717) is 24.7 Å². The van der Waals surface area contributed by atoms with Crippen LogP contribution < -0.4 is 9.47 Å². The highest BCUT2D eigenvalue weighted by atomic mass is 16.5. The predicted octanol–water partition coefficient (Wildman–Crippen LogP) is 12.6. The highest BCUT2D eigenvalue weighted by molar-refractivity contribution is 5.94. The number of unbranched alkanes of at least 4 members (excludes halogenated alkanes) is 22. The highest BCUT2D eigenvalue weighted by Gasteiger charge is 2.12. The zero-order valence-electron chi connectivity index (χ0n) is 31.8. The van der Waals surface area contributed by atoms with Crippen molar-refractivity contribution in [1.29, 1.82) is 0 Å². The first-order chi connectivity index (χ1) is 24.8. The van der Waals surface area contributed by atoms with Crippen molar-refractivity contribution in [1.82, 2.24) is 0 Å². The van der Waals surface area contributed by atoms with E-state index in [1.54, 1.807) is 24.3 Å². The van der Waals surface area contributed by atoms with E-state index < -0.39 is 17.9 Å². The van der Waals surface area contributed by atoms with Crippen LogP contribution in [0, 0.1) is 0 Å². The lowest BCUT2D eigenvalue weighted by Crippen LogP contribution is -2.05. The maximum absolute atomic E-state index is 11.1. The summed E-state index contributed by atoms with van der Waals surface area (Å²) < 4.78 is 11.2. The molecule has 0 spiro atoms. The number of carbonyl (C=O) groups is 3. The minimum atomic E-state index is -1.16. The number of hydrogen-bond donors (Lipinski definition) is 3. The third-order valence-corrected chi connectivity index (χ3v) is 9.04. The molecule has 0 unspecified atom stereocenters. The standard InChI is InChI=1S/C24H38O5.C19H30O3/c1-2-3-4-5-6-7-8-9-10-11-12-13-14-15-16-29-22-18-20(23(25)26)17-21(19-22)24(27)28;1-2-3-4-5-6-7-8-9-10-13-16-22-18-15-12-11-14-17(18)19(20)21/h17-19H,2-16H2,1H3,(H,25,26)(H,27,28);11-12,14-15H,2-10,13,16H2,1H3,(H,20,21). The molecule has 8 heteroatoms. The molecule has 0 aliphatic carbocycles. The minimum Gasteiger partial charge on any atom is -0.494 e. The van der Waals surface area contributed by atoms with E-state index in [2.05, 4.69) is 13.8 Å². The Morgan fingerprint density at radius 3 is 1.18 bits per heavy atom. The summed E-state index contributed by atoms with van der Waals surface area (Å²) in [6.07, 6.45) is 30.8. The van der Waals surface area contributed by atoms with Gasteiger partial charge in [0.15, 0.2) is 0 Å². The van der Waals surface area contributed by atoms with E-state index in [1.807, 2.05) is 0 Å². The summed E-state index contributed by atoms with van der Waals surface area (Å²) in [6, 6.07) is 10.7. The Balaban J connectivity index is 0.000000530. The van der Waals surface area contributed by atoms with E-state index >= 15 is 0 Å². The third-order valence-electron chi connectivity index (χ3n) is 9.04. The molecular formula is C43H68O8. The summed E-state index contributed by atoms with van der Waals surface area (Å²) in [7, 11) is 0. The van der Waals surface area contributed by atoms with Crippen molar-refractivity contribution < 1.29 is 39.2 Å². The molecule has 0 bridgehead atoms. The monoisotopic (exact) mass is 712 g/mol. The molecule has 51 heavy (non-hydrogen) atoms. The molecule has 0 saturated heterocycles. The van der Waals surface area contributed by atoms with Crippen molar-refractivity contribution in [3.05, 3.63) is 59.2 Å². The average Bonchev–Trinajstić information content (AvgIpc) is 3.12. The minimum absolute atomic E-state index is 0.0686. The number of para-hydroxylation sites is 1. The molecule has 288 valence electrons. The second-order valence-corrected chi connectivity index (χ2v) is 13.6. The maximum Gasteiger partial charge on any atom is 0.339 e. The second-order valence-electron chi connectivity index (χ2n) is 13.6. The second kappa shape index (κ2) is 31.2. The van der Waals surface area contributed by atoms with E-state index in [1.165, 1.54) is 141 Å². The molecule has 2 aromatic rings. The van der Waals surface area contributed by atoms with Crippen LogP contribution in [-0.4, -0.2) is 46.4 Å². The predicted molar refractivity (Wildman–Crippen MR) is 207 cm³/mol. The first-order valence-corrected chi connectivity index (χ1v) is 20.0. The zero-order valence-corrected chi connectivity index (χ0v) is 31.8. The van der Waals surface area contributed by atoms with Crippen LogP contribution in [-0.2, 0) is 0 Å². The molecule has 0 saturated carbocycles. The quantitative estimate of drug-likeness (QED) is 0.0658. The van der Waals surface area contributed by atoms with Crippen LogP contribution in [0.1, 0.15) is 199 Å². The topological polar surface area (TPSA) is 130 Å². The average molecular weight is 713 g/mol. The van der Waals surface area contributed by atoms with Gasteiger partial charge in [0.1, 0.15) is 17.1 Å². The summed E-state index contributed by atoms with van der Waals surface area (Å²) in [5, 5.41) is 27.2. The normalized spacial score (nSPS) is 10.7. The Labute approximate surface area is 308 Å². The maximum atomic E-state index is 11.1. The van der Waals surface area contributed by atoms with Gasteiger partial charge in [-0.3, -0.25) is 0 Å². The molecule has 0 aliphatic heterocycles. The van der Waals surface area contributed by atoms with Gasteiger partial charge in [-0.15, -0.1) is 0 Å². The summed E-state index contributed by atoms with van der Waals surface area (Å²) >= 11 is 0. The molecule has 0 aliphatic rings. The Morgan fingerprint density at radius 2 is 0.804 bits per heavy atom. The Hall–Kier alpha value is -3.55. The molecule has 3 N–H and O–H groups in total. The SMILES string of the molecule is CCCCCCCCCCCCCCCCOc1cc(C(=O)O)cc(C(=O)O)c1.CCCCCCCCCCCCOc1ccccc1C(=O)O. The van der Waals surface area contributed by atoms with Crippen LogP contribution in [0.4, 0.5) is 0 Å². The molecule has 8 nitrogen and oxygen atoms in total. The molecule has 0 heterocycles. The van der Waals surface area contributed by atoms with E-state index in [0.717, 1.165) is 31.7 Å². The van der Waals surface area contributed by atoms with Gasteiger partial charge in [-0.2, -0.15) is 0 Å². The Morgan fingerprint density at radius 1 is 0.451 bits per heavy atom. The fourth-order valence-electron chi connectivity index (χ4n) is 5.96. The highest BCUT2D eigenvalue weighted by Crippen LogP contribution is 2.20. The van der Waals surface area contributed by atoms with Crippen LogP contribution in [0.3, 0.4) is 0 Å². The van der Waals surface area contributed by atoms with Gasteiger partial charge in [0, 0.05) is 0 Å². The van der Waals surface area contributed by atoms with Crippen molar-refractivity contribution >= 4 is 17.9 Å². The molecule has 0 amide bonds. The number of carboxylic acids is 3. The van der Waals surface area contributed by atoms with Crippen molar-refractivity contribution in [2.45, 2.75) is 168 Å². The zero-order chi connectivity index (χ0) is 37.4. The lowest BCUT2D eigenvalue weighted by atomic mass is 10.0. The molecular weight excluding hydrogens is 644 g/mol. The van der Waals surface area contributed by atoms with Crippen molar-refractivity contribution in [3.63, 3.8) is 0 Å². The smallest absolute Gasteiger partial charge is 0.339 e. The van der Waals surface area contributed by atoms with Crippen molar-refractivity contribution in [2.24, 2.45) is 0 Å². The number of benzene rings is 2. The summed E-state index contributed by atoms with van der Waals surface area (Å²) in [4.78, 5) is 33.2. The van der Waals surface area contributed by atoms with E-state index in [4.69, 9.17) is 24.8 Å². The van der Waals surface area contributed by atoms with Crippen molar-refractivity contribution in [2.75, 3.05) is 13.2 Å². The lowest BCUT2D eigenvalue weighted by Gasteiger charge is -2.08. The lowest BCUT2D eigenvalue weighted by molar-refractivity contribution is 0.0679. The van der Waals surface area contributed by atoms with Gasteiger partial charge in [-0.25, -0.2) is 14.4 Å². The number of carboxylic acid groups (broad SMARTS) is 3. The first kappa shape index (κ1) is 45.5. The molecule has 0 atom stereocenters. The summed E-state index contributed by atoms with van der Waals surface area (Å²) in [5.74, 6) is -2.47. The molecule has 0 fully saturated rings. The molecule has 0 aromatic heterocycles. The van der Waals surface area contributed by atoms with E-state index in [9.17, 15) is 14.4 Å². The largest absolute Gasteiger partial charge is 0.494 e. The van der Waals surface area contributed by atoms with Gasteiger partial charge >= 0.3 is 17.9 Å². The van der Waals surface area contributed by atoms with Gasteiger partial charge in [0.25, 0.3) is 0 Å². The van der Waals surface area contributed by atoms with Gasteiger partial charge in [-0.1, -0.05) is 167 Å². The summed E-state index contributed by atoms with van der Waals surface area (Å²) in [6.45, 7) is 5.57. The van der Waals surface area contributed by atoms with Crippen LogP contribution in [0.5, 0.6) is 11.5 Å². The molecule has 2 aromatic carbocycles. The number of rotatable bonds is 31. The van der Waals surface area contributed by atoms with Crippen LogP contribution >= 0.6 is 0 Å². The van der Waals surface area contributed by atoms with Gasteiger partial charge in [-0.05, 0) is 43.2 Å². The van der Waals surface area contributed by atoms with Crippen LogP contribution in [0.2, 0.25) is 0 Å². The van der Waals surface area contributed by atoms with Crippen LogP contribution in [0.25, 0.3) is 0 Å². The van der Waals surface area contributed by atoms with Crippen molar-refractivity contribution in [3.8, 4) is 11.5 Å². The fraction of sp³-hybridized carbons (Fsp3) is 0.651. The van der Waals surface area contributed by atoms with Gasteiger partial charge < -0.3 is 24.8 Å². The Kier molecular flexibility index (Phi) is 27.8. The summed E-state index contributed by atoms with van der Waals surface area (Å²) in [5.41, 5.74) is 0.108. The van der Waals surface area contributed by atoms with Gasteiger partial charge in [0.05, 0.1) is 24.3 Å².